The molecule has 2 amide bonds. The van der Waals surface area contributed by atoms with E-state index in [4.69, 9.17) is 9.47 Å². The number of fused-ring (bicyclic) bond motifs is 1. The zero-order valence-corrected chi connectivity index (χ0v) is 18.3. The topological polar surface area (TPSA) is 72.9 Å². The van der Waals surface area contributed by atoms with Crippen LogP contribution in [-0.4, -0.2) is 41.4 Å². The van der Waals surface area contributed by atoms with Crippen molar-refractivity contribution in [2.24, 2.45) is 0 Å². The molecule has 1 heterocycles. The number of carbonyl (C=O) groups is 3. The first kappa shape index (κ1) is 22.3. The van der Waals surface area contributed by atoms with Crippen LogP contribution in [-0.2, 0) is 9.53 Å². The molecule has 0 aromatic heterocycles. The minimum atomic E-state index is -0.551. The SMILES string of the molecule is C/C=C(\CCN1C(=O)c2ccccc2C1=O)c1ccc(OCC(=O)OC(C)(C)C)cc1. The van der Waals surface area contributed by atoms with Crippen molar-refractivity contribution in [1.82, 2.24) is 4.90 Å². The first-order valence-corrected chi connectivity index (χ1v) is 10.2. The highest BCUT2D eigenvalue weighted by Crippen LogP contribution is 2.26. The van der Waals surface area contributed by atoms with Crippen LogP contribution < -0.4 is 4.74 Å². The van der Waals surface area contributed by atoms with Gasteiger partial charge in [0.1, 0.15) is 11.4 Å². The average Bonchev–Trinajstić information content (AvgIpc) is 2.97. The number of hydrogen-bond donors (Lipinski definition) is 0. The highest BCUT2D eigenvalue weighted by atomic mass is 16.6. The molecule has 162 valence electrons. The fourth-order valence-electron chi connectivity index (χ4n) is 3.41. The molecule has 6 nitrogen and oxygen atoms in total. The molecule has 6 heteroatoms. The van der Waals surface area contributed by atoms with Crippen molar-refractivity contribution in [3.63, 3.8) is 0 Å². The van der Waals surface area contributed by atoms with Crippen LogP contribution in [0, 0.1) is 0 Å². The summed E-state index contributed by atoms with van der Waals surface area (Å²) in [5.41, 5.74) is 2.34. The summed E-state index contributed by atoms with van der Waals surface area (Å²) < 4.78 is 10.7. The normalized spacial score (nSPS) is 13.9. The Kier molecular flexibility index (Phi) is 6.59. The lowest BCUT2D eigenvalue weighted by Crippen LogP contribution is -2.30. The third-order valence-electron chi connectivity index (χ3n) is 4.83. The van der Waals surface area contributed by atoms with Crippen LogP contribution in [0.2, 0.25) is 0 Å². The van der Waals surface area contributed by atoms with Gasteiger partial charge in [-0.05, 0) is 69.5 Å². The monoisotopic (exact) mass is 421 g/mol. The van der Waals surface area contributed by atoms with Crippen LogP contribution in [0.5, 0.6) is 5.75 Å². The second kappa shape index (κ2) is 9.16. The second-order valence-electron chi connectivity index (χ2n) is 8.27. The van der Waals surface area contributed by atoms with Gasteiger partial charge in [0.05, 0.1) is 11.1 Å². The summed E-state index contributed by atoms with van der Waals surface area (Å²) in [5.74, 6) is -0.360. The molecule has 0 radical (unpaired) electrons. The third-order valence-corrected chi connectivity index (χ3v) is 4.83. The molecule has 2 aromatic carbocycles. The zero-order valence-electron chi connectivity index (χ0n) is 18.3. The van der Waals surface area contributed by atoms with Gasteiger partial charge in [-0.1, -0.05) is 30.3 Å². The Morgan fingerprint density at radius 2 is 1.55 bits per heavy atom. The summed E-state index contributed by atoms with van der Waals surface area (Å²) in [5, 5.41) is 0. The molecular formula is C25H27NO5. The fraction of sp³-hybridized carbons (Fsp3) is 0.320. The summed E-state index contributed by atoms with van der Waals surface area (Å²) >= 11 is 0. The predicted octanol–water partition coefficient (Wildman–Crippen LogP) is 4.50. The van der Waals surface area contributed by atoms with Crippen LogP contribution in [0.3, 0.4) is 0 Å². The van der Waals surface area contributed by atoms with Gasteiger partial charge in [0.2, 0.25) is 0 Å². The lowest BCUT2D eigenvalue weighted by molar-refractivity contribution is -0.157. The highest BCUT2D eigenvalue weighted by Gasteiger charge is 2.34. The van der Waals surface area contributed by atoms with Crippen molar-refractivity contribution in [2.75, 3.05) is 13.2 Å². The van der Waals surface area contributed by atoms with E-state index in [1.807, 2.05) is 25.1 Å². The van der Waals surface area contributed by atoms with Crippen molar-refractivity contribution >= 4 is 23.4 Å². The molecule has 0 saturated heterocycles. The maximum atomic E-state index is 12.5. The first-order chi connectivity index (χ1) is 14.7. The molecule has 0 N–H and O–H groups in total. The van der Waals surface area contributed by atoms with Crippen LogP contribution in [0.25, 0.3) is 5.57 Å². The number of ether oxygens (including phenoxy) is 2. The van der Waals surface area contributed by atoms with Gasteiger partial charge >= 0.3 is 5.97 Å². The van der Waals surface area contributed by atoms with Crippen molar-refractivity contribution in [3.05, 3.63) is 71.3 Å². The standard InChI is InChI=1S/C25H27NO5/c1-5-17(14-15-26-23(28)20-8-6-7-9-21(20)24(26)29)18-10-12-19(13-11-18)30-16-22(27)31-25(2,3)4/h5-13H,14-16H2,1-4H3/b17-5+. The molecule has 3 rings (SSSR count). The van der Waals surface area contributed by atoms with E-state index >= 15 is 0 Å². The van der Waals surface area contributed by atoms with Gasteiger partial charge in [0.25, 0.3) is 11.8 Å². The van der Waals surface area contributed by atoms with Crippen LogP contribution in [0.15, 0.2) is 54.6 Å². The van der Waals surface area contributed by atoms with Gasteiger partial charge in [-0.2, -0.15) is 0 Å². The number of imide groups is 1. The molecule has 2 aromatic rings. The molecule has 1 aliphatic heterocycles. The summed E-state index contributed by atoms with van der Waals surface area (Å²) in [6.45, 7) is 7.49. The summed E-state index contributed by atoms with van der Waals surface area (Å²) in [4.78, 5) is 38.1. The first-order valence-electron chi connectivity index (χ1n) is 10.2. The Hall–Kier alpha value is -3.41. The molecular weight excluding hydrogens is 394 g/mol. The largest absolute Gasteiger partial charge is 0.482 e. The van der Waals surface area contributed by atoms with Crippen LogP contribution in [0.4, 0.5) is 0 Å². The number of carbonyl (C=O) groups excluding carboxylic acids is 3. The summed E-state index contributed by atoms with van der Waals surface area (Å²) in [6.07, 6.45) is 2.51. The minimum absolute atomic E-state index is 0.160. The lowest BCUT2D eigenvalue weighted by atomic mass is 10.0. The van der Waals surface area contributed by atoms with Crippen molar-refractivity contribution in [3.8, 4) is 5.75 Å². The van der Waals surface area contributed by atoms with Crippen molar-refractivity contribution < 1.29 is 23.9 Å². The Morgan fingerprint density at radius 3 is 2.06 bits per heavy atom. The molecule has 0 bridgehead atoms. The van der Waals surface area contributed by atoms with E-state index in [9.17, 15) is 14.4 Å². The van der Waals surface area contributed by atoms with Gasteiger partial charge in [-0.25, -0.2) is 4.79 Å². The highest BCUT2D eigenvalue weighted by molar-refractivity contribution is 6.21. The number of nitrogens with zero attached hydrogens (tertiary/aromatic N) is 1. The van der Waals surface area contributed by atoms with Crippen LogP contribution >= 0.6 is 0 Å². The number of rotatable bonds is 7. The van der Waals surface area contributed by atoms with Gasteiger partial charge < -0.3 is 9.47 Å². The third kappa shape index (κ3) is 5.40. The summed E-state index contributed by atoms with van der Waals surface area (Å²) in [7, 11) is 0. The Morgan fingerprint density at radius 1 is 0.968 bits per heavy atom. The van der Waals surface area contributed by atoms with Gasteiger partial charge in [-0.15, -0.1) is 0 Å². The minimum Gasteiger partial charge on any atom is -0.482 e. The Bertz CT molecular complexity index is 980. The Balaban J connectivity index is 1.58. The molecule has 0 saturated carbocycles. The number of amides is 2. The zero-order chi connectivity index (χ0) is 22.6. The van der Waals surface area contributed by atoms with Crippen molar-refractivity contribution in [2.45, 2.75) is 39.7 Å². The average molecular weight is 421 g/mol. The van der Waals surface area contributed by atoms with E-state index in [1.165, 1.54) is 4.90 Å². The fourth-order valence-corrected chi connectivity index (χ4v) is 3.41. The molecule has 0 spiro atoms. The Labute approximate surface area is 182 Å². The van der Waals surface area contributed by atoms with E-state index in [0.29, 0.717) is 29.8 Å². The predicted molar refractivity (Wildman–Crippen MR) is 118 cm³/mol. The number of benzene rings is 2. The molecule has 0 fully saturated rings. The van der Waals surface area contributed by atoms with E-state index < -0.39 is 11.6 Å². The van der Waals surface area contributed by atoms with Gasteiger partial charge in [0.15, 0.2) is 6.61 Å². The van der Waals surface area contributed by atoms with Gasteiger partial charge in [0, 0.05) is 6.54 Å². The molecule has 31 heavy (non-hydrogen) atoms. The van der Waals surface area contributed by atoms with E-state index in [-0.39, 0.29) is 18.4 Å². The maximum absolute atomic E-state index is 12.5. The number of hydrogen-bond acceptors (Lipinski definition) is 5. The lowest BCUT2D eigenvalue weighted by Gasteiger charge is -2.19. The van der Waals surface area contributed by atoms with E-state index in [2.05, 4.69) is 0 Å². The number of esters is 1. The maximum Gasteiger partial charge on any atom is 0.344 e. The number of allylic oxidation sites excluding steroid dienone is 1. The summed E-state index contributed by atoms with van der Waals surface area (Å²) in [6, 6.07) is 14.2. The van der Waals surface area contributed by atoms with Crippen LogP contribution in [0.1, 0.15) is 60.4 Å². The molecule has 1 aliphatic rings. The van der Waals surface area contributed by atoms with E-state index in [1.54, 1.807) is 57.2 Å². The van der Waals surface area contributed by atoms with Crippen molar-refractivity contribution in [1.29, 1.82) is 0 Å². The van der Waals surface area contributed by atoms with Gasteiger partial charge in [-0.3, -0.25) is 14.5 Å². The smallest absolute Gasteiger partial charge is 0.344 e. The molecule has 0 aliphatic carbocycles. The van der Waals surface area contributed by atoms with E-state index in [0.717, 1.165) is 11.1 Å². The quantitative estimate of drug-likeness (QED) is 0.486. The molecule has 0 atom stereocenters. The molecule has 0 unspecified atom stereocenters. The second-order valence-corrected chi connectivity index (χ2v) is 8.27.